The SMILES string of the molecule is CCc1ccc2c(c1O)CCO2. The van der Waals surface area contributed by atoms with E-state index in [2.05, 4.69) is 0 Å². The van der Waals surface area contributed by atoms with E-state index in [0.29, 0.717) is 12.4 Å². The normalized spacial score (nSPS) is 14.1. The maximum Gasteiger partial charge on any atom is 0.126 e. The van der Waals surface area contributed by atoms with Crippen molar-refractivity contribution in [2.75, 3.05) is 6.61 Å². The predicted molar refractivity (Wildman–Crippen MR) is 46.7 cm³/mol. The number of aryl methyl sites for hydroxylation is 1. The third kappa shape index (κ3) is 0.951. The molecule has 0 fully saturated rings. The number of ether oxygens (including phenoxy) is 1. The van der Waals surface area contributed by atoms with Gasteiger partial charge in [-0.2, -0.15) is 0 Å². The zero-order valence-corrected chi connectivity index (χ0v) is 7.13. The first-order chi connectivity index (χ1) is 5.83. The lowest BCUT2D eigenvalue weighted by Gasteiger charge is -2.05. The molecule has 1 aromatic rings. The van der Waals surface area contributed by atoms with Gasteiger partial charge in [0.25, 0.3) is 0 Å². The number of fused-ring (bicyclic) bond motifs is 1. The van der Waals surface area contributed by atoms with Gasteiger partial charge < -0.3 is 9.84 Å². The molecule has 0 unspecified atom stereocenters. The molecule has 0 aliphatic carbocycles. The first-order valence-electron chi connectivity index (χ1n) is 4.29. The number of rotatable bonds is 1. The van der Waals surface area contributed by atoms with Gasteiger partial charge in [0, 0.05) is 12.0 Å². The number of benzene rings is 1. The summed E-state index contributed by atoms with van der Waals surface area (Å²) in [5.74, 6) is 1.29. The molecule has 0 amide bonds. The molecule has 0 saturated heterocycles. The maximum atomic E-state index is 9.73. The van der Waals surface area contributed by atoms with E-state index >= 15 is 0 Å². The Kier molecular flexibility index (Phi) is 1.68. The molecule has 0 aromatic heterocycles. The molecule has 12 heavy (non-hydrogen) atoms. The third-order valence-corrected chi connectivity index (χ3v) is 2.31. The highest BCUT2D eigenvalue weighted by atomic mass is 16.5. The van der Waals surface area contributed by atoms with Gasteiger partial charge in [-0.05, 0) is 18.1 Å². The Labute approximate surface area is 71.8 Å². The predicted octanol–water partition coefficient (Wildman–Crippen LogP) is 1.89. The Balaban J connectivity index is 2.54. The molecule has 1 aromatic carbocycles. The van der Waals surface area contributed by atoms with Crippen LogP contribution >= 0.6 is 0 Å². The van der Waals surface area contributed by atoms with Gasteiger partial charge in [-0.25, -0.2) is 0 Å². The minimum atomic E-state index is 0.438. The summed E-state index contributed by atoms with van der Waals surface area (Å²) in [5, 5.41) is 9.73. The summed E-state index contributed by atoms with van der Waals surface area (Å²) in [4.78, 5) is 0. The van der Waals surface area contributed by atoms with Crippen molar-refractivity contribution in [2.24, 2.45) is 0 Å². The second kappa shape index (κ2) is 2.70. The van der Waals surface area contributed by atoms with E-state index < -0.39 is 0 Å². The second-order valence-corrected chi connectivity index (χ2v) is 3.00. The van der Waals surface area contributed by atoms with E-state index in [4.69, 9.17) is 4.74 Å². The molecule has 1 aliphatic rings. The number of hydrogen-bond acceptors (Lipinski definition) is 2. The number of phenolic OH excluding ortho intramolecular Hbond substituents is 1. The lowest BCUT2D eigenvalue weighted by Crippen LogP contribution is -1.86. The highest BCUT2D eigenvalue weighted by Crippen LogP contribution is 2.35. The molecule has 2 rings (SSSR count). The Morgan fingerprint density at radius 2 is 2.33 bits per heavy atom. The van der Waals surface area contributed by atoms with Crippen molar-refractivity contribution in [3.63, 3.8) is 0 Å². The molecule has 1 aliphatic heterocycles. The molecule has 0 atom stereocenters. The van der Waals surface area contributed by atoms with Crippen molar-refractivity contribution in [2.45, 2.75) is 19.8 Å². The van der Waals surface area contributed by atoms with E-state index in [9.17, 15) is 5.11 Å². The van der Waals surface area contributed by atoms with Crippen LogP contribution in [0.4, 0.5) is 0 Å². The Morgan fingerprint density at radius 1 is 1.50 bits per heavy atom. The Hall–Kier alpha value is -1.18. The van der Waals surface area contributed by atoms with Crippen LogP contribution < -0.4 is 4.74 Å². The lowest BCUT2D eigenvalue weighted by atomic mass is 10.1. The smallest absolute Gasteiger partial charge is 0.126 e. The van der Waals surface area contributed by atoms with Crippen LogP contribution in [-0.2, 0) is 12.8 Å². The van der Waals surface area contributed by atoms with Crippen molar-refractivity contribution in [3.8, 4) is 11.5 Å². The summed E-state index contributed by atoms with van der Waals surface area (Å²) in [6, 6.07) is 3.88. The van der Waals surface area contributed by atoms with Gasteiger partial charge in [-0.1, -0.05) is 13.0 Å². The largest absolute Gasteiger partial charge is 0.507 e. The highest BCUT2D eigenvalue weighted by Gasteiger charge is 2.17. The first kappa shape index (κ1) is 7.47. The topological polar surface area (TPSA) is 29.5 Å². The molecule has 1 heterocycles. The van der Waals surface area contributed by atoms with Crippen molar-refractivity contribution in [1.82, 2.24) is 0 Å². The van der Waals surface area contributed by atoms with E-state index in [-0.39, 0.29) is 0 Å². The van der Waals surface area contributed by atoms with Crippen molar-refractivity contribution >= 4 is 0 Å². The zero-order chi connectivity index (χ0) is 8.55. The fraction of sp³-hybridized carbons (Fsp3) is 0.400. The molecule has 0 saturated carbocycles. The van der Waals surface area contributed by atoms with Crippen molar-refractivity contribution < 1.29 is 9.84 Å². The fourth-order valence-electron chi connectivity index (χ4n) is 1.59. The maximum absolute atomic E-state index is 9.73. The van der Waals surface area contributed by atoms with Gasteiger partial charge in [0.15, 0.2) is 0 Å². The molecule has 0 bridgehead atoms. The number of phenols is 1. The standard InChI is InChI=1S/C10H12O2/c1-2-7-3-4-9-8(10(7)11)5-6-12-9/h3-4,11H,2,5-6H2,1H3. The summed E-state index contributed by atoms with van der Waals surface area (Å²) < 4.78 is 5.32. The molecule has 0 spiro atoms. The van der Waals surface area contributed by atoms with Gasteiger partial charge in [0.1, 0.15) is 11.5 Å². The molecule has 2 heteroatoms. The molecule has 1 N–H and O–H groups in total. The van der Waals surface area contributed by atoms with Gasteiger partial charge in [-0.15, -0.1) is 0 Å². The molecular formula is C10H12O2. The summed E-state index contributed by atoms with van der Waals surface area (Å²) in [7, 11) is 0. The van der Waals surface area contributed by atoms with E-state index in [0.717, 1.165) is 29.7 Å². The van der Waals surface area contributed by atoms with Crippen LogP contribution in [0.1, 0.15) is 18.1 Å². The second-order valence-electron chi connectivity index (χ2n) is 3.00. The monoisotopic (exact) mass is 164 g/mol. The molecule has 2 nitrogen and oxygen atoms in total. The quantitative estimate of drug-likeness (QED) is 0.686. The first-order valence-corrected chi connectivity index (χ1v) is 4.29. The fourth-order valence-corrected chi connectivity index (χ4v) is 1.59. The van der Waals surface area contributed by atoms with Gasteiger partial charge in [0.05, 0.1) is 6.61 Å². The van der Waals surface area contributed by atoms with Crippen LogP contribution in [0, 0.1) is 0 Å². The zero-order valence-electron chi connectivity index (χ0n) is 7.13. The highest BCUT2D eigenvalue weighted by molar-refractivity contribution is 5.50. The number of hydrogen-bond donors (Lipinski definition) is 1. The average molecular weight is 164 g/mol. The lowest BCUT2D eigenvalue weighted by molar-refractivity contribution is 0.356. The van der Waals surface area contributed by atoms with E-state index in [1.165, 1.54) is 0 Å². The van der Waals surface area contributed by atoms with E-state index in [1.54, 1.807) is 0 Å². The third-order valence-electron chi connectivity index (χ3n) is 2.31. The van der Waals surface area contributed by atoms with Crippen LogP contribution in [0.3, 0.4) is 0 Å². The Morgan fingerprint density at radius 3 is 3.08 bits per heavy atom. The van der Waals surface area contributed by atoms with Crippen LogP contribution in [0.25, 0.3) is 0 Å². The van der Waals surface area contributed by atoms with Crippen LogP contribution in [0.2, 0.25) is 0 Å². The van der Waals surface area contributed by atoms with Crippen molar-refractivity contribution in [1.29, 1.82) is 0 Å². The van der Waals surface area contributed by atoms with Crippen LogP contribution in [-0.4, -0.2) is 11.7 Å². The molecule has 64 valence electrons. The van der Waals surface area contributed by atoms with Gasteiger partial charge in [0.2, 0.25) is 0 Å². The summed E-state index contributed by atoms with van der Waals surface area (Å²) >= 11 is 0. The van der Waals surface area contributed by atoms with Crippen molar-refractivity contribution in [3.05, 3.63) is 23.3 Å². The van der Waals surface area contributed by atoms with Crippen LogP contribution in [0.15, 0.2) is 12.1 Å². The Bertz CT molecular complexity index is 305. The molecule has 0 radical (unpaired) electrons. The summed E-state index contributed by atoms with van der Waals surface area (Å²) in [6.07, 6.45) is 1.72. The van der Waals surface area contributed by atoms with Gasteiger partial charge in [-0.3, -0.25) is 0 Å². The van der Waals surface area contributed by atoms with Crippen LogP contribution in [0.5, 0.6) is 11.5 Å². The minimum Gasteiger partial charge on any atom is -0.507 e. The summed E-state index contributed by atoms with van der Waals surface area (Å²) in [6.45, 7) is 2.74. The molecular weight excluding hydrogens is 152 g/mol. The van der Waals surface area contributed by atoms with Gasteiger partial charge >= 0.3 is 0 Å². The summed E-state index contributed by atoms with van der Waals surface area (Å²) in [5.41, 5.74) is 1.99. The number of aromatic hydroxyl groups is 1. The van der Waals surface area contributed by atoms with E-state index in [1.807, 2.05) is 19.1 Å². The minimum absolute atomic E-state index is 0.438. The average Bonchev–Trinajstić information content (AvgIpc) is 2.53.